The number of hydrogen-bond donors (Lipinski definition) is 0. The zero-order valence-electron chi connectivity index (χ0n) is 13.7. The van der Waals surface area contributed by atoms with E-state index in [0.29, 0.717) is 16.5 Å². The van der Waals surface area contributed by atoms with Crippen molar-refractivity contribution in [3.8, 4) is 5.82 Å². The number of amides is 1. The van der Waals surface area contributed by atoms with Crippen LogP contribution in [0.15, 0.2) is 21.6 Å². The van der Waals surface area contributed by atoms with Gasteiger partial charge >= 0.3 is 0 Å². The Morgan fingerprint density at radius 3 is 2.72 bits per heavy atom. The smallest absolute Gasteiger partial charge is 0.266 e. The van der Waals surface area contributed by atoms with E-state index in [1.54, 1.807) is 6.08 Å². The standard InChI is InChI=1S/C16H15N3O4S2/c1-8-4-11(10(3)19(8)13-5-9(2)23-17-13)6-12-15(22)18(7-14(20)21)16(24)25-12/h4-6H,7H2,1-3H3,(H,20,21)/p-1/b12-6-. The van der Waals surface area contributed by atoms with E-state index in [9.17, 15) is 14.7 Å². The summed E-state index contributed by atoms with van der Waals surface area (Å²) in [6, 6.07) is 3.74. The highest BCUT2D eigenvalue weighted by Crippen LogP contribution is 2.33. The molecule has 0 saturated carbocycles. The van der Waals surface area contributed by atoms with Crippen molar-refractivity contribution in [1.82, 2.24) is 14.6 Å². The number of carboxylic acid groups (broad SMARTS) is 1. The summed E-state index contributed by atoms with van der Waals surface area (Å²) >= 11 is 6.16. The Labute approximate surface area is 153 Å². The molecule has 7 nitrogen and oxygen atoms in total. The number of rotatable bonds is 4. The Morgan fingerprint density at radius 1 is 1.40 bits per heavy atom. The van der Waals surface area contributed by atoms with Gasteiger partial charge in [-0.25, -0.2) is 0 Å². The summed E-state index contributed by atoms with van der Waals surface area (Å²) in [4.78, 5) is 24.5. The Hall–Kier alpha value is -2.39. The number of nitrogens with zero attached hydrogens (tertiary/aromatic N) is 3. The molecule has 0 aliphatic carbocycles. The van der Waals surface area contributed by atoms with Gasteiger partial charge in [-0.2, -0.15) is 0 Å². The topological polar surface area (TPSA) is 91.4 Å². The molecule has 1 amide bonds. The molecule has 1 saturated heterocycles. The largest absolute Gasteiger partial charge is 0.548 e. The van der Waals surface area contributed by atoms with Crippen molar-refractivity contribution >= 4 is 46.3 Å². The lowest BCUT2D eigenvalue weighted by molar-refractivity contribution is -0.305. The molecule has 2 aromatic heterocycles. The van der Waals surface area contributed by atoms with E-state index in [2.05, 4.69) is 5.16 Å². The number of carbonyl (C=O) groups excluding carboxylic acids is 2. The van der Waals surface area contributed by atoms with Gasteiger partial charge in [0.05, 0.1) is 17.4 Å². The van der Waals surface area contributed by atoms with Crippen LogP contribution >= 0.6 is 24.0 Å². The first-order valence-electron chi connectivity index (χ1n) is 7.35. The molecule has 1 fully saturated rings. The van der Waals surface area contributed by atoms with E-state index >= 15 is 0 Å². The molecule has 0 N–H and O–H groups in total. The van der Waals surface area contributed by atoms with Crippen molar-refractivity contribution in [1.29, 1.82) is 0 Å². The summed E-state index contributed by atoms with van der Waals surface area (Å²) in [5.74, 6) is -0.415. The fourth-order valence-electron chi connectivity index (χ4n) is 2.65. The first kappa shape index (κ1) is 17.4. The molecule has 0 unspecified atom stereocenters. The molecule has 0 spiro atoms. The van der Waals surface area contributed by atoms with Crippen LogP contribution in [0.2, 0.25) is 0 Å². The van der Waals surface area contributed by atoms with Crippen LogP contribution in [0.25, 0.3) is 11.9 Å². The van der Waals surface area contributed by atoms with Crippen molar-refractivity contribution in [2.45, 2.75) is 20.8 Å². The van der Waals surface area contributed by atoms with Gasteiger partial charge in [0.15, 0.2) is 5.82 Å². The molecule has 1 aliphatic heterocycles. The molecule has 130 valence electrons. The fraction of sp³-hybridized carbons (Fsp3) is 0.250. The van der Waals surface area contributed by atoms with Gasteiger partial charge in [-0.15, -0.1) is 0 Å². The van der Waals surface area contributed by atoms with Crippen LogP contribution in [0.1, 0.15) is 22.7 Å². The van der Waals surface area contributed by atoms with Crippen LogP contribution < -0.4 is 5.11 Å². The van der Waals surface area contributed by atoms with Gasteiger partial charge in [0.2, 0.25) is 0 Å². The average molecular weight is 376 g/mol. The van der Waals surface area contributed by atoms with Crippen molar-refractivity contribution < 1.29 is 19.2 Å². The van der Waals surface area contributed by atoms with Gasteiger partial charge < -0.3 is 14.4 Å². The van der Waals surface area contributed by atoms with Crippen LogP contribution in [0.5, 0.6) is 0 Å². The summed E-state index contributed by atoms with van der Waals surface area (Å²) in [6.07, 6.45) is 1.71. The normalized spacial score (nSPS) is 16.3. The molecule has 25 heavy (non-hydrogen) atoms. The number of hydrogen-bond acceptors (Lipinski definition) is 7. The second-order valence-corrected chi connectivity index (χ2v) is 7.27. The number of thiocarbonyl (C=S) groups is 1. The van der Waals surface area contributed by atoms with Crippen LogP contribution in [0, 0.1) is 20.8 Å². The zero-order chi connectivity index (χ0) is 18.3. The van der Waals surface area contributed by atoms with Gasteiger partial charge in [-0.1, -0.05) is 29.1 Å². The highest BCUT2D eigenvalue weighted by molar-refractivity contribution is 8.26. The Morgan fingerprint density at radius 2 is 2.12 bits per heavy atom. The predicted octanol–water partition coefficient (Wildman–Crippen LogP) is 1.34. The minimum Gasteiger partial charge on any atom is -0.548 e. The van der Waals surface area contributed by atoms with Crippen molar-refractivity contribution in [3.63, 3.8) is 0 Å². The highest BCUT2D eigenvalue weighted by Gasteiger charge is 2.32. The third-order valence-electron chi connectivity index (χ3n) is 3.76. The first-order chi connectivity index (χ1) is 11.8. The van der Waals surface area contributed by atoms with Crippen LogP contribution in [0.4, 0.5) is 0 Å². The van der Waals surface area contributed by atoms with Crippen LogP contribution in [-0.2, 0) is 9.59 Å². The number of carboxylic acids is 1. The SMILES string of the molecule is Cc1cc(-n2c(C)cc(/C=C3\SC(=S)N(CC(=O)[O-])C3=O)c2C)no1. The molecular formula is C16H14N3O4S2-. The van der Waals surface area contributed by atoms with E-state index in [0.717, 1.165) is 33.6 Å². The summed E-state index contributed by atoms with van der Waals surface area (Å²) in [7, 11) is 0. The van der Waals surface area contributed by atoms with Gasteiger partial charge in [-0.3, -0.25) is 14.3 Å². The lowest BCUT2D eigenvalue weighted by Gasteiger charge is -2.14. The minimum absolute atomic E-state index is 0.210. The highest BCUT2D eigenvalue weighted by atomic mass is 32.2. The quantitative estimate of drug-likeness (QED) is 0.587. The maximum Gasteiger partial charge on any atom is 0.266 e. The summed E-state index contributed by atoms with van der Waals surface area (Å²) in [6.45, 7) is 5.11. The zero-order valence-corrected chi connectivity index (χ0v) is 15.4. The second-order valence-electron chi connectivity index (χ2n) is 5.60. The average Bonchev–Trinajstić information content (AvgIpc) is 3.13. The number of carbonyl (C=O) groups is 2. The minimum atomic E-state index is -1.35. The Kier molecular flexibility index (Phi) is 4.53. The van der Waals surface area contributed by atoms with E-state index in [-0.39, 0.29) is 4.32 Å². The van der Waals surface area contributed by atoms with Crippen LogP contribution in [0.3, 0.4) is 0 Å². The van der Waals surface area contributed by atoms with Gasteiger partial charge in [0.25, 0.3) is 5.91 Å². The summed E-state index contributed by atoms with van der Waals surface area (Å²) < 4.78 is 7.25. The second kappa shape index (κ2) is 6.49. The van der Waals surface area contributed by atoms with Crippen LogP contribution in [-0.4, -0.2) is 37.4 Å². The third-order valence-corrected chi connectivity index (χ3v) is 5.14. The fourth-order valence-corrected chi connectivity index (χ4v) is 3.90. The number of thioether (sulfide) groups is 1. The van der Waals surface area contributed by atoms with E-state index in [4.69, 9.17) is 16.7 Å². The number of aryl methyl sites for hydroxylation is 2. The summed E-state index contributed by atoms with van der Waals surface area (Å²) in [5, 5.41) is 14.8. The maximum absolute atomic E-state index is 12.4. The molecule has 0 bridgehead atoms. The lowest BCUT2D eigenvalue weighted by atomic mass is 10.2. The molecule has 1 aliphatic rings. The lowest BCUT2D eigenvalue weighted by Crippen LogP contribution is -2.40. The van der Waals surface area contributed by atoms with E-state index in [1.165, 1.54) is 0 Å². The number of aromatic nitrogens is 2. The number of aliphatic carboxylic acids is 1. The van der Waals surface area contributed by atoms with Crippen molar-refractivity contribution in [3.05, 3.63) is 39.7 Å². The molecule has 0 radical (unpaired) electrons. The maximum atomic E-state index is 12.4. The van der Waals surface area contributed by atoms with Crippen molar-refractivity contribution in [2.24, 2.45) is 0 Å². The Balaban J connectivity index is 1.96. The molecule has 3 heterocycles. The first-order valence-corrected chi connectivity index (χ1v) is 8.58. The molecular weight excluding hydrogens is 362 g/mol. The molecule has 2 aromatic rings. The van der Waals surface area contributed by atoms with E-state index < -0.39 is 18.4 Å². The molecule has 0 atom stereocenters. The van der Waals surface area contributed by atoms with E-state index in [1.807, 2.05) is 37.5 Å². The van der Waals surface area contributed by atoms with Gasteiger partial charge in [-0.05, 0) is 38.5 Å². The van der Waals surface area contributed by atoms with Gasteiger partial charge in [0, 0.05) is 17.5 Å². The van der Waals surface area contributed by atoms with Crippen molar-refractivity contribution in [2.75, 3.05) is 6.54 Å². The Bertz CT molecular complexity index is 926. The molecule has 9 heteroatoms. The van der Waals surface area contributed by atoms with Gasteiger partial charge in [0.1, 0.15) is 10.1 Å². The monoisotopic (exact) mass is 376 g/mol. The summed E-state index contributed by atoms with van der Waals surface area (Å²) in [5.41, 5.74) is 2.64. The predicted molar refractivity (Wildman–Crippen MR) is 94.9 cm³/mol. The molecule has 0 aromatic carbocycles. The third kappa shape index (κ3) is 3.24. The molecule has 3 rings (SSSR count).